The zero-order valence-corrected chi connectivity index (χ0v) is 15.0. The van der Waals surface area contributed by atoms with E-state index in [0.717, 1.165) is 0 Å². The molecule has 0 saturated carbocycles. The van der Waals surface area contributed by atoms with E-state index in [0.29, 0.717) is 11.1 Å². The van der Waals surface area contributed by atoms with E-state index in [1.807, 2.05) is 0 Å². The topological polar surface area (TPSA) is 128 Å². The zero-order chi connectivity index (χ0) is 19.6. The van der Waals surface area contributed by atoms with Crippen LogP contribution in [0.4, 0.5) is 0 Å². The highest BCUT2D eigenvalue weighted by atomic mass is 32.2. The largest absolute Gasteiger partial charge is 0.504 e. The Labute approximate surface area is 154 Å². The molecule has 1 aliphatic heterocycles. The molecule has 3 rings (SSSR count). The minimum atomic E-state index is -3.88. The first-order valence-electron chi connectivity index (χ1n) is 7.72. The van der Waals surface area contributed by atoms with Gasteiger partial charge in [-0.1, -0.05) is 12.1 Å². The van der Waals surface area contributed by atoms with Crippen LogP contribution in [0.3, 0.4) is 0 Å². The fourth-order valence-corrected chi connectivity index (χ4v) is 3.72. The van der Waals surface area contributed by atoms with Crippen molar-refractivity contribution in [3.63, 3.8) is 0 Å². The molecule has 0 fully saturated rings. The van der Waals surface area contributed by atoms with E-state index < -0.39 is 22.5 Å². The third-order valence-corrected chi connectivity index (χ3v) is 5.05. The number of fused-ring (bicyclic) bond motifs is 1. The molecule has 0 spiro atoms. The van der Waals surface area contributed by atoms with Crippen molar-refractivity contribution in [3.8, 4) is 11.5 Å². The van der Waals surface area contributed by atoms with Crippen LogP contribution in [-0.4, -0.2) is 55.0 Å². The number of sulfonamides is 1. The van der Waals surface area contributed by atoms with E-state index in [1.54, 1.807) is 24.3 Å². The maximum absolute atomic E-state index is 12.3. The maximum atomic E-state index is 12.3. The lowest BCUT2D eigenvalue weighted by molar-refractivity contribution is -0.469. The molecule has 0 amide bonds. The number of phenolic OH excluding ortho intramolecular Hbond substituents is 1. The first kappa shape index (κ1) is 18.4. The van der Waals surface area contributed by atoms with Crippen molar-refractivity contribution in [1.82, 2.24) is 5.43 Å². The highest BCUT2D eigenvalue weighted by molar-refractivity contribution is 7.90. The normalized spacial score (nSPS) is 15.0. The highest BCUT2D eigenvalue weighted by Gasteiger charge is 2.39. The lowest BCUT2D eigenvalue weighted by Gasteiger charge is -2.07. The van der Waals surface area contributed by atoms with Gasteiger partial charge in [0.25, 0.3) is 0 Å². The molecule has 1 aliphatic rings. The summed E-state index contributed by atoms with van der Waals surface area (Å²) in [6.07, 6.45) is 1.46. The van der Waals surface area contributed by atoms with Crippen molar-refractivity contribution in [3.05, 3.63) is 53.6 Å². The van der Waals surface area contributed by atoms with Crippen LogP contribution < -0.4 is 10.2 Å². The number of carboxylic acids is 1. The number of ether oxygens (including phenoxy) is 1. The van der Waals surface area contributed by atoms with Crippen molar-refractivity contribution >= 4 is 28.0 Å². The van der Waals surface area contributed by atoms with Gasteiger partial charge in [-0.15, -0.1) is 4.68 Å². The predicted molar refractivity (Wildman–Crippen MR) is 95.9 cm³/mol. The van der Waals surface area contributed by atoms with Crippen LogP contribution >= 0.6 is 0 Å². The number of nitrogens with zero attached hydrogens (tertiary/aromatic N) is 2. The second-order valence-corrected chi connectivity index (χ2v) is 7.12. The minimum absolute atomic E-state index is 0.0406. The molecule has 0 atom stereocenters. The Morgan fingerprint density at radius 1 is 1.30 bits per heavy atom. The Hall–Kier alpha value is -3.40. The maximum Gasteiger partial charge on any atom is 0.371 e. The fourth-order valence-electron chi connectivity index (χ4n) is 2.52. The zero-order valence-electron chi connectivity index (χ0n) is 14.2. The third-order valence-electron chi connectivity index (χ3n) is 3.72. The number of hydrogen-bond donors (Lipinski definition) is 3. The number of aliphatic carboxylic acids is 1. The monoisotopic (exact) mass is 390 g/mol. The second-order valence-electron chi connectivity index (χ2n) is 5.55. The van der Waals surface area contributed by atoms with Crippen LogP contribution in [0.5, 0.6) is 11.5 Å². The Morgan fingerprint density at radius 3 is 2.74 bits per heavy atom. The number of phenols is 1. The average Bonchev–Trinajstić information content (AvgIpc) is 2.91. The molecule has 10 heteroatoms. The smallest absolute Gasteiger partial charge is 0.371 e. The average molecular weight is 390 g/mol. The number of methoxy groups -OCH3 is 1. The molecule has 0 aliphatic carbocycles. The molecule has 2 aromatic rings. The quantitative estimate of drug-likeness (QED) is 0.387. The molecule has 0 unspecified atom stereocenters. The summed E-state index contributed by atoms with van der Waals surface area (Å²) in [4.78, 5) is 11.0. The number of rotatable bonds is 5. The van der Waals surface area contributed by atoms with Crippen LogP contribution in [0, 0.1) is 0 Å². The van der Waals surface area contributed by atoms with Gasteiger partial charge in [0.2, 0.25) is 0 Å². The SMILES string of the molecule is COc1cc(/C=[N+](/NCC(=O)O)C2=NS(=O)(=O)c3ccccc32)ccc1O. The number of amidine groups is 1. The molecule has 0 aromatic heterocycles. The molecule has 0 bridgehead atoms. The molecule has 140 valence electrons. The number of aromatic hydroxyl groups is 1. The Kier molecular flexibility index (Phi) is 4.82. The van der Waals surface area contributed by atoms with Gasteiger partial charge < -0.3 is 14.9 Å². The lowest BCUT2D eigenvalue weighted by Crippen LogP contribution is -2.38. The molecule has 0 saturated heterocycles. The molecular weight excluding hydrogens is 374 g/mol. The number of nitrogens with one attached hydrogen (secondary N) is 1. The van der Waals surface area contributed by atoms with Crippen molar-refractivity contribution in [1.29, 1.82) is 0 Å². The van der Waals surface area contributed by atoms with E-state index >= 15 is 0 Å². The van der Waals surface area contributed by atoms with Gasteiger partial charge in [-0.25, -0.2) is 5.43 Å². The minimum Gasteiger partial charge on any atom is -0.504 e. The summed E-state index contributed by atoms with van der Waals surface area (Å²) >= 11 is 0. The molecular formula is C17H16N3O6S+. The number of hydrazine groups is 1. The van der Waals surface area contributed by atoms with Gasteiger partial charge in [0.05, 0.1) is 17.1 Å². The van der Waals surface area contributed by atoms with E-state index in [-0.39, 0.29) is 22.2 Å². The van der Waals surface area contributed by atoms with Gasteiger partial charge in [-0.05, 0) is 30.3 Å². The van der Waals surface area contributed by atoms with Crippen molar-refractivity contribution < 1.29 is 32.8 Å². The van der Waals surface area contributed by atoms with Gasteiger partial charge in [-0.3, -0.25) is 4.79 Å². The summed E-state index contributed by atoms with van der Waals surface area (Å²) < 4.78 is 34.6. The van der Waals surface area contributed by atoms with Gasteiger partial charge >= 0.3 is 21.8 Å². The number of hydrazone groups is 1. The van der Waals surface area contributed by atoms with Gasteiger partial charge in [0, 0.05) is 5.56 Å². The molecule has 1 heterocycles. The van der Waals surface area contributed by atoms with Gasteiger partial charge in [0.15, 0.2) is 11.5 Å². The van der Waals surface area contributed by atoms with E-state index in [4.69, 9.17) is 9.84 Å². The summed E-state index contributed by atoms with van der Waals surface area (Å²) in [6, 6.07) is 10.7. The standard InChI is InChI=1S/C17H15N3O6S/c1-26-14-8-11(6-7-13(14)21)10-20(18-9-16(22)23)17-12-4-2-3-5-15(12)27(24,25)19-17/h2-8,10,18H,9H2,1H3,(H,22,23)/p+1. The van der Waals surface area contributed by atoms with Crippen molar-refractivity contribution in [2.75, 3.05) is 13.7 Å². The fraction of sp³-hybridized carbons (Fsp3) is 0.118. The lowest BCUT2D eigenvalue weighted by atomic mass is 10.2. The summed E-state index contributed by atoms with van der Waals surface area (Å²) in [5.74, 6) is -0.945. The Balaban J connectivity index is 2.12. The number of carbonyl (C=O) groups is 1. The van der Waals surface area contributed by atoms with Gasteiger partial charge in [-0.2, -0.15) is 8.42 Å². The van der Waals surface area contributed by atoms with Gasteiger partial charge in [0.1, 0.15) is 17.7 Å². The van der Waals surface area contributed by atoms with E-state index in [2.05, 4.69) is 9.82 Å². The van der Waals surface area contributed by atoms with Crippen LogP contribution in [0.15, 0.2) is 51.8 Å². The molecule has 2 aromatic carbocycles. The van der Waals surface area contributed by atoms with Crippen molar-refractivity contribution in [2.45, 2.75) is 4.90 Å². The first-order chi connectivity index (χ1) is 12.8. The van der Waals surface area contributed by atoms with E-state index in [9.17, 15) is 18.3 Å². The van der Waals surface area contributed by atoms with Crippen LogP contribution in [0.25, 0.3) is 0 Å². The Bertz CT molecular complexity index is 1080. The highest BCUT2D eigenvalue weighted by Crippen LogP contribution is 2.27. The number of hydrogen-bond acceptors (Lipinski definition) is 6. The molecule has 9 nitrogen and oxygen atoms in total. The summed E-state index contributed by atoms with van der Waals surface area (Å²) in [5.41, 5.74) is 3.49. The number of benzene rings is 2. The van der Waals surface area contributed by atoms with E-state index in [1.165, 1.54) is 36.2 Å². The third kappa shape index (κ3) is 3.75. The number of carboxylic acid groups (broad SMARTS) is 1. The predicted octanol–water partition coefficient (Wildman–Crippen LogP) is 0.570. The van der Waals surface area contributed by atoms with Crippen LogP contribution in [0.2, 0.25) is 0 Å². The molecule has 3 N–H and O–H groups in total. The molecule has 0 radical (unpaired) electrons. The van der Waals surface area contributed by atoms with Crippen LogP contribution in [-0.2, 0) is 14.8 Å². The summed E-state index contributed by atoms with van der Waals surface area (Å²) in [7, 11) is -2.48. The second kappa shape index (κ2) is 7.08. The molecule has 27 heavy (non-hydrogen) atoms. The van der Waals surface area contributed by atoms with Crippen LogP contribution in [0.1, 0.15) is 11.1 Å². The summed E-state index contributed by atoms with van der Waals surface area (Å²) in [6.45, 7) is -0.465. The Morgan fingerprint density at radius 2 is 2.04 bits per heavy atom. The summed E-state index contributed by atoms with van der Waals surface area (Å²) in [5, 5.41) is 18.7. The first-order valence-corrected chi connectivity index (χ1v) is 9.16. The van der Waals surface area contributed by atoms with Crippen molar-refractivity contribution in [2.24, 2.45) is 4.40 Å².